The lowest BCUT2D eigenvalue weighted by molar-refractivity contribution is 0.311. The molecule has 2 N–H and O–H groups in total. The molecule has 0 amide bonds. The van der Waals surface area contributed by atoms with E-state index in [4.69, 9.17) is 5.73 Å². The normalized spacial score (nSPS) is 16.7. The van der Waals surface area contributed by atoms with Crippen molar-refractivity contribution >= 4 is 0 Å². The van der Waals surface area contributed by atoms with Gasteiger partial charge in [0.15, 0.2) is 0 Å². The van der Waals surface area contributed by atoms with Crippen LogP contribution in [0.15, 0.2) is 18.2 Å². The molecule has 76 valence electrons. The lowest BCUT2D eigenvalue weighted by atomic mass is 9.94. The first kappa shape index (κ1) is 9.69. The zero-order chi connectivity index (χ0) is 9.97. The van der Waals surface area contributed by atoms with E-state index < -0.39 is 0 Å². The first-order valence-electron chi connectivity index (χ1n) is 5.29. The molecule has 2 rings (SSSR count). The molecule has 0 radical (unpaired) electrons. The Kier molecular flexibility index (Phi) is 2.85. The molecule has 2 heteroatoms. The molecule has 0 atom stereocenters. The van der Waals surface area contributed by atoms with Crippen LogP contribution in [-0.2, 0) is 19.4 Å². The van der Waals surface area contributed by atoms with Crippen molar-refractivity contribution in [3.05, 3.63) is 34.9 Å². The van der Waals surface area contributed by atoms with E-state index in [2.05, 4.69) is 30.1 Å². The molecule has 1 aliphatic heterocycles. The van der Waals surface area contributed by atoms with Gasteiger partial charge in [0.05, 0.1) is 0 Å². The van der Waals surface area contributed by atoms with Gasteiger partial charge in [0, 0.05) is 13.1 Å². The quantitative estimate of drug-likeness (QED) is 0.758. The molecule has 0 bridgehead atoms. The number of likely N-dealkylation sites (N-methyl/N-ethyl adjacent to an activating group) is 1. The average molecular weight is 190 g/mol. The van der Waals surface area contributed by atoms with E-state index in [1.165, 1.54) is 29.7 Å². The molecular formula is C12H18N2. The van der Waals surface area contributed by atoms with Gasteiger partial charge in [-0.05, 0) is 43.1 Å². The van der Waals surface area contributed by atoms with Gasteiger partial charge in [-0.1, -0.05) is 18.2 Å². The van der Waals surface area contributed by atoms with Gasteiger partial charge in [-0.25, -0.2) is 0 Å². The first-order valence-corrected chi connectivity index (χ1v) is 5.29. The van der Waals surface area contributed by atoms with Crippen LogP contribution in [0.3, 0.4) is 0 Å². The molecule has 0 aromatic heterocycles. The second-order valence-corrected chi connectivity index (χ2v) is 4.08. The van der Waals surface area contributed by atoms with Crippen molar-refractivity contribution in [2.45, 2.75) is 19.4 Å². The minimum atomic E-state index is 0.750. The molecule has 1 heterocycles. The molecule has 0 unspecified atom stereocenters. The van der Waals surface area contributed by atoms with Gasteiger partial charge >= 0.3 is 0 Å². The van der Waals surface area contributed by atoms with Gasteiger partial charge in [-0.2, -0.15) is 0 Å². The van der Waals surface area contributed by atoms with Crippen LogP contribution >= 0.6 is 0 Å². The summed E-state index contributed by atoms with van der Waals surface area (Å²) in [4.78, 5) is 2.38. The number of benzene rings is 1. The van der Waals surface area contributed by atoms with Crippen molar-refractivity contribution < 1.29 is 0 Å². The number of hydrogen-bond donors (Lipinski definition) is 1. The Balaban J connectivity index is 2.33. The molecule has 1 aliphatic rings. The Labute approximate surface area is 85.7 Å². The molecule has 1 aromatic rings. The van der Waals surface area contributed by atoms with E-state index in [9.17, 15) is 0 Å². The van der Waals surface area contributed by atoms with E-state index in [-0.39, 0.29) is 0 Å². The summed E-state index contributed by atoms with van der Waals surface area (Å²) in [5.41, 5.74) is 10.1. The van der Waals surface area contributed by atoms with Crippen LogP contribution in [0.2, 0.25) is 0 Å². The molecule has 14 heavy (non-hydrogen) atoms. The fraction of sp³-hybridized carbons (Fsp3) is 0.500. The minimum Gasteiger partial charge on any atom is -0.330 e. The van der Waals surface area contributed by atoms with Gasteiger partial charge in [-0.15, -0.1) is 0 Å². The van der Waals surface area contributed by atoms with Crippen molar-refractivity contribution in [3.63, 3.8) is 0 Å². The number of nitrogens with zero attached hydrogens (tertiary/aromatic N) is 1. The smallest absolute Gasteiger partial charge is 0.0236 e. The Morgan fingerprint density at radius 1 is 1.43 bits per heavy atom. The van der Waals surface area contributed by atoms with Gasteiger partial charge in [-0.3, -0.25) is 0 Å². The number of rotatable bonds is 2. The van der Waals surface area contributed by atoms with Crippen LogP contribution in [-0.4, -0.2) is 25.0 Å². The predicted octanol–water partition coefficient (Wildman–Crippen LogP) is 1.18. The minimum absolute atomic E-state index is 0.750. The first-order chi connectivity index (χ1) is 6.81. The Bertz CT molecular complexity index is 320. The van der Waals surface area contributed by atoms with Crippen LogP contribution in [0.25, 0.3) is 0 Å². The highest BCUT2D eigenvalue weighted by atomic mass is 15.1. The van der Waals surface area contributed by atoms with Gasteiger partial charge in [0.2, 0.25) is 0 Å². The Morgan fingerprint density at radius 3 is 3.07 bits per heavy atom. The molecule has 0 aliphatic carbocycles. The van der Waals surface area contributed by atoms with Crippen molar-refractivity contribution in [1.29, 1.82) is 0 Å². The number of nitrogens with two attached hydrogens (primary N) is 1. The Morgan fingerprint density at radius 2 is 2.29 bits per heavy atom. The molecule has 0 fully saturated rings. The summed E-state index contributed by atoms with van der Waals surface area (Å²) in [6.07, 6.45) is 2.20. The van der Waals surface area contributed by atoms with E-state index in [1.807, 2.05) is 0 Å². The third kappa shape index (κ3) is 1.81. The van der Waals surface area contributed by atoms with Crippen LogP contribution < -0.4 is 5.73 Å². The predicted molar refractivity (Wildman–Crippen MR) is 59.2 cm³/mol. The summed E-state index contributed by atoms with van der Waals surface area (Å²) in [6, 6.07) is 6.63. The monoisotopic (exact) mass is 190 g/mol. The molecular weight excluding hydrogens is 172 g/mol. The van der Waals surface area contributed by atoms with Crippen LogP contribution in [0.4, 0.5) is 0 Å². The number of hydrogen-bond acceptors (Lipinski definition) is 2. The third-order valence-electron chi connectivity index (χ3n) is 2.97. The van der Waals surface area contributed by atoms with E-state index >= 15 is 0 Å². The number of fused-ring (bicyclic) bond motifs is 1. The van der Waals surface area contributed by atoms with Crippen LogP contribution in [0.5, 0.6) is 0 Å². The fourth-order valence-corrected chi connectivity index (χ4v) is 2.18. The molecule has 0 spiro atoms. The lowest BCUT2D eigenvalue weighted by Crippen LogP contribution is -2.27. The lowest BCUT2D eigenvalue weighted by Gasteiger charge is -2.27. The summed E-state index contributed by atoms with van der Waals surface area (Å²) in [7, 11) is 2.18. The maximum absolute atomic E-state index is 5.61. The van der Waals surface area contributed by atoms with Gasteiger partial charge in [0.1, 0.15) is 0 Å². The SMILES string of the molecule is CN1CCc2cccc(CCN)c2C1. The molecule has 0 saturated carbocycles. The summed E-state index contributed by atoms with van der Waals surface area (Å²) < 4.78 is 0. The van der Waals surface area contributed by atoms with Crippen molar-refractivity contribution in [2.24, 2.45) is 5.73 Å². The molecule has 2 nitrogen and oxygen atoms in total. The molecule has 0 saturated heterocycles. The Hall–Kier alpha value is -0.860. The maximum Gasteiger partial charge on any atom is 0.0236 e. The fourth-order valence-electron chi connectivity index (χ4n) is 2.18. The average Bonchev–Trinajstić information content (AvgIpc) is 2.19. The second-order valence-electron chi connectivity index (χ2n) is 4.08. The van der Waals surface area contributed by atoms with E-state index in [1.54, 1.807) is 0 Å². The van der Waals surface area contributed by atoms with Gasteiger partial charge in [0.25, 0.3) is 0 Å². The largest absolute Gasteiger partial charge is 0.330 e. The summed E-state index contributed by atoms with van der Waals surface area (Å²) in [6.45, 7) is 3.02. The summed E-state index contributed by atoms with van der Waals surface area (Å²) in [5, 5.41) is 0. The maximum atomic E-state index is 5.61. The highest BCUT2D eigenvalue weighted by molar-refractivity contribution is 5.37. The molecule has 1 aromatic carbocycles. The van der Waals surface area contributed by atoms with Crippen molar-refractivity contribution in [1.82, 2.24) is 4.90 Å². The van der Waals surface area contributed by atoms with E-state index in [0.29, 0.717) is 0 Å². The zero-order valence-corrected chi connectivity index (χ0v) is 8.79. The second kappa shape index (κ2) is 4.11. The van der Waals surface area contributed by atoms with Gasteiger partial charge < -0.3 is 10.6 Å². The zero-order valence-electron chi connectivity index (χ0n) is 8.79. The third-order valence-corrected chi connectivity index (χ3v) is 2.97. The van der Waals surface area contributed by atoms with Crippen LogP contribution in [0, 0.1) is 0 Å². The van der Waals surface area contributed by atoms with Crippen LogP contribution in [0.1, 0.15) is 16.7 Å². The van der Waals surface area contributed by atoms with E-state index in [0.717, 1.165) is 19.5 Å². The topological polar surface area (TPSA) is 29.3 Å². The highest BCUT2D eigenvalue weighted by Gasteiger charge is 2.15. The van der Waals surface area contributed by atoms with Crippen molar-refractivity contribution in [2.75, 3.05) is 20.1 Å². The highest BCUT2D eigenvalue weighted by Crippen LogP contribution is 2.21. The summed E-state index contributed by atoms with van der Waals surface area (Å²) in [5.74, 6) is 0. The summed E-state index contributed by atoms with van der Waals surface area (Å²) >= 11 is 0. The standard InChI is InChI=1S/C12H18N2/c1-14-8-6-11-4-2-3-10(5-7-13)12(11)9-14/h2-4H,5-9,13H2,1H3. The van der Waals surface area contributed by atoms with Crippen molar-refractivity contribution in [3.8, 4) is 0 Å².